The third-order valence-corrected chi connectivity index (χ3v) is 7.18. The largest absolute Gasteiger partial charge is 0.493 e. The van der Waals surface area contributed by atoms with Crippen LogP contribution in [0.1, 0.15) is 49.9 Å². The fraction of sp³-hybridized carbons (Fsp3) is 0.448. The first-order valence-electron chi connectivity index (χ1n) is 13.1. The van der Waals surface area contributed by atoms with E-state index in [2.05, 4.69) is 10.1 Å². The zero-order valence-electron chi connectivity index (χ0n) is 22.1. The van der Waals surface area contributed by atoms with Crippen LogP contribution in [0.25, 0.3) is 0 Å². The number of aryl methyl sites for hydroxylation is 2. The number of hydrogen-bond donors (Lipinski definition) is 0. The molecule has 1 atom stereocenters. The van der Waals surface area contributed by atoms with Crippen molar-refractivity contribution >= 4 is 23.4 Å². The molecule has 9 heteroatoms. The van der Waals surface area contributed by atoms with Gasteiger partial charge in [0.1, 0.15) is 5.75 Å². The van der Waals surface area contributed by atoms with Crippen LogP contribution in [0, 0.1) is 5.41 Å². The minimum absolute atomic E-state index is 0.0122. The molecule has 0 bridgehead atoms. The third-order valence-electron chi connectivity index (χ3n) is 6.95. The summed E-state index contributed by atoms with van der Waals surface area (Å²) in [6.07, 6.45) is 3.22. The maximum absolute atomic E-state index is 13.4. The number of carbonyl (C=O) groups is 2. The van der Waals surface area contributed by atoms with E-state index >= 15 is 0 Å². The van der Waals surface area contributed by atoms with E-state index in [1.807, 2.05) is 61.3 Å². The average molecular weight is 539 g/mol. The molecule has 8 nitrogen and oxygen atoms in total. The molecule has 0 aliphatic carbocycles. The summed E-state index contributed by atoms with van der Waals surface area (Å²) in [5.41, 5.74) is 0.554. The molecule has 2 heterocycles. The molecular weight excluding hydrogens is 504 g/mol. The van der Waals surface area contributed by atoms with Crippen LogP contribution in [0.4, 0.5) is 0 Å². The number of amides is 2. The highest BCUT2D eigenvalue weighted by Crippen LogP contribution is 2.36. The second-order valence-electron chi connectivity index (χ2n) is 10.0. The summed E-state index contributed by atoms with van der Waals surface area (Å²) in [5.74, 6) is 1.80. The van der Waals surface area contributed by atoms with Crippen LogP contribution in [0.5, 0.6) is 5.75 Å². The first-order chi connectivity index (χ1) is 18.4. The van der Waals surface area contributed by atoms with E-state index in [0.717, 1.165) is 18.4 Å². The molecule has 1 aliphatic rings. The van der Waals surface area contributed by atoms with E-state index in [0.29, 0.717) is 61.6 Å². The van der Waals surface area contributed by atoms with Crippen LogP contribution in [0.3, 0.4) is 0 Å². The van der Waals surface area contributed by atoms with Crippen molar-refractivity contribution in [1.82, 2.24) is 19.9 Å². The van der Waals surface area contributed by atoms with Crippen molar-refractivity contribution < 1.29 is 18.8 Å². The summed E-state index contributed by atoms with van der Waals surface area (Å²) in [5, 5.41) is 4.49. The molecule has 0 unspecified atom stereocenters. The van der Waals surface area contributed by atoms with E-state index in [1.165, 1.54) is 0 Å². The van der Waals surface area contributed by atoms with Gasteiger partial charge in [-0.05, 0) is 36.6 Å². The molecule has 2 amide bonds. The van der Waals surface area contributed by atoms with Gasteiger partial charge in [-0.1, -0.05) is 60.1 Å². The minimum atomic E-state index is -0.516. The lowest BCUT2D eigenvalue weighted by Gasteiger charge is -2.43. The van der Waals surface area contributed by atoms with Gasteiger partial charge in [-0.3, -0.25) is 9.59 Å². The molecule has 0 radical (unpaired) electrons. The van der Waals surface area contributed by atoms with Gasteiger partial charge in [0, 0.05) is 62.8 Å². The molecule has 1 saturated heterocycles. The molecule has 38 heavy (non-hydrogen) atoms. The fourth-order valence-corrected chi connectivity index (χ4v) is 5.02. The predicted molar refractivity (Wildman–Crippen MR) is 145 cm³/mol. The van der Waals surface area contributed by atoms with Gasteiger partial charge in [0.25, 0.3) is 0 Å². The van der Waals surface area contributed by atoms with Crippen molar-refractivity contribution in [3.63, 3.8) is 0 Å². The lowest BCUT2D eigenvalue weighted by atomic mass is 9.77. The molecule has 1 aliphatic heterocycles. The molecule has 0 saturated carbocycles. The van der Waals surface area contributed by atoms with E-state index in [-0.39, 0.29) is 24.7 Å². The summed E-state index contributed by atoms with van der Waals surface area (Å²) in [7, 11) is 1.82. The van der Waals surface area contributed by atoms with Crippen LogP contribution in [-0.4, -0.2) is 58.5 Å². The van der Waals surface area contributed by atoms with Crippen LogP contribution in [0.15, 0.2) is 59.1 Å². The summed E-state index contributed by atoms with van der Waals surface area (Å²) in [6, 6.07) is 17.2. The Hall–Kier alpha value is -3.39. The van der Waals surface area contributed by atoms with Gasteiger partial charge in [0.2, 0.25) is 17.7 Å². The number of carbonyl (C=O) groups excluding carboxylic acids is 2. The van der Waals surface area contributed by atoms with Gasteiger partial charge in [-0.2, -0.15) is 4.98 Å². The Morgan fingerprint density at radius 1 is 1.18 bits per heavy atom. The molecule has 202 valence electrons. The van der Waals surface area contributed by atoms with E-state index in [1.54, 1.807) is 17.0 Å². The number of likely N-dealkylation sites (tertiary alicyclic amines) is 1. The standard InChI is InChI=1S/C29H35ClN4O4/c1-3-25-31-26(38-32-25)13-14-27(35)34-16-8-15-29(20-34,21-37-24-12-7-11-23(30)17-24)18-28(36)33(2)19-22-9-5-4-6-10-22/h4-7,9-12,17H,3,8,13-16,18-21H2,1-2H3/t29-/m0/s1. The lowest BCUT2D eigenvalue weighted by Crippen LogP contribution is -2.50. The molecule has 4 rings (SSSR count). The Morgan fingerprint density at radius 3 is 2.74 bits per heavy atom. The van der Waals surface area contributed by atoms with E-state index < -0.39 is 5.41 Å². The predicted octanol–water partition coefficient (Wildman–Crippen LogP) is 4.95. The van der Waals surface area contributed by atoms with Crippen LogP contribution in [0.2, 0.25) is 5.02 Å². The topological polar surface area (TPSA) is 88.8 Å². The van der Waals surface area contributed by atoms with Gasteiger partial charge in [0.05, 0.1) is 6.61 Å². The van der Waals surface area contributed by atoms with Crippen LogP contribution in [-0.2, 0) is 29.0 Å². The minimum Gasteiger partial charge on any atom is -0.493 e. The molecule has 0 spiro atoms. The highest BCUT2D eigenvalue weighted by molar-refractivity contribution is 6.30. The maximum Gasteiger partial charge on any atom is 0.227 e. The third kappa shape index (κ3) is 7.57. The zero-order valence-corrected chi connectivity index (χ0v) is 22.8. The first-order valence-corrected chi connectivity index (χ1v) is 13.5. The zero-order chi connectivity index (χ0) is 27.0. The lowest BCUT2D eigenvalue weighted by molar-refractivity contribution is -0.141. The number of ether oxygens (including phenoxy) is 1. The maximum atomic E-state index is 13.4. The molecule has 3 aromatic rings. The fourth-order valence-electron chi connectivity index (χ4n) is 4.84. The Balaban J connectivity index is 1.45. The normalized spacial score (nSPS) is 17.3. The second kappa shape index (κ2) is 12.9. The Labute approximate surface area is 228 Å². The van der Waals surface area contributed by atoms with Crippen molar-refractivity contribution in [2.75, 3.05) is 26.7 Å². The first kappa shape index (κ1) is 27.6. The van der Waals surface area contributed by atoms with E-state index in [4.69, 9.17) is 20.9 Å². The number of halogens is 1. The quantitative estimate of drug-likeness (QED) is 0.343. The molecular formula is C29H35ClN4O4. The molecule has 1 fully saturated rings. The Bertz CT molecular complexity index is 1220. The number of piperidine rings is 1. The van der Waals surface area contributed by atoms with Crippen molar-refractivity contribution in [1.29, 1.82) is 0 Å². The number of aromatic nitrogens is 2. The highest BCUT2D eigenvalue weighted by atomic mass is 35.5. The smallest absolute Gasteiger partial charge is 0.227 e. The van der Waals surface area contributed by atoms with Gasteiger partial charge < -0.3 is 19.1 Å². The van der Waals surface area contributed by atoms with Crippen molar-refractivity contribution in [2.24, 2.45) is 5.41 Å². The highest BCUT2D eigenvalue weighted by Gasteiger charge is 2.40. The molecule has 2 aromatic carbocycles. The van der Waals surface area contributed by atoms with Crippen molar-refractivity contribution in [3.05, 3.63) is 76.9 Å². The van der Waals surface area contributed by atoms with Crippen molar-refractivity contribution in [2.45, 2.75) is 52.0 Å². The SMILES string of the molecule is CCc1noc(CCC(=O)N2CCC[C@](COc3cccc(Cl)c3)(CC(=O)N(C)Cc3ccccc3)C2)n1. The molecule has 0 N–H and O–H groups in total. The monoisotopic (exact) mass is 538 g/mol. The molecule has 1 aromatic heterocycles. The van der Waals surface area contributed by atoms with Crippen molar-refractivity contribution in [3.8, 4) is 5.75 Å². The average Bonchev–Trinajstić information content (AvgIpc) is 3.39. The van der Waals surface area contributed by atoms with Crippen LogP contribution >= 0.6 is 11.6 Å². The number of benzene rings is 2. The van der Waals surface area contributed by atoms with Gasteiger partial charge in [-0.25, -0.2) is 0 Å². The number of nitrogens with zero attached hydrogens (tertiary/aromatic N) is 4. The van der Waals surface area contributed by atoms with Gasteiger partial charge in [-0.15, -0.1) is 0 Å². The summed E-state index contributed by atoms with van der Waals surface area (Å²) in [6.45, 7) is 3.89. The summed E-state index contributed by atoms with van der Waals surface area (Å²) < 4.78 is 11.4. The van der Waals surface area contributed by atoms with Crippen LogP contribution < -0.4 is 4.74 Å². The second-order valence-corrected chi connectivity index (χ2v) is 10.5. The Kier molecular flexibility index (Phi) is 9.39. The van der Waals surface area contributed by atoms with Gasteiger partial charge >= 0.3 is 0 Å². The summed E-state index contributed by atoms with van der Waals surface area (Å²) in [4.78, 5) is 34.5. The van der Waals surface area contributed by atoms with Gasteiger partial charge in [0.15, 0.2) is 5.82 Å². The van der Waals surface area contributed by atoms with E-state index in [9.17, 15) is 9.59 Å². The summed E-state index contributed by atoms with van der Waals surface area (Å²) >= 11 is 6.15. The number of hydrogen-bond acceptors (Lipinski definition) is 6. The number of rotatable bonds is 11. The Morgan fingerprint density at radius 2 is 2.00 bits per heavy atom.